The van der Waals surface area contributed by atoms with Crippen molar-refractivity contribution >= 4 is 22.1 Å². The number of aryl methyl sites for hydroxylation is 2. The molecule has 0 saturated carbocycles. The number of nitrogens with one attached hydrogen (secondary N) is 1. The second-order valence-corrected chi connectivity index (χ2v) is 9.60. The minimum atomic E-state index is -3.84. The van der Waals surface area contributed by atoms with Crippen LogP contribution < -0.4 is 9.50 Å². The van der Waals surface area contributed by atoms with Crippen LogP contribution in [0.4, 0.5) is 5.69 Å². The van der Waals surface area contributed by atoms with E-state index < -0.39 is 16.2 Å². The first-order valence-electron chi connectivity index (χ1n) is 11.4. The molecule has 1 N–H and O–H groups in total. The standard InChI is InChI=1S/C27H31NO5S/c1-3-32-26(20-29)19-23-8-12-24(13-9-23)28-18-4-5-22-10-14-25(15-11-22)33-34(30,31)27-16-6-21(2)7-17-27/h6-17,20,26,28H,3-5,18-19H2,1-2H3. The van der Waals surface area contributed by atoms with E-state index in [4.69, 9.17) is 8.92 Å². The van der Waals surface area contributed by atoms with Gasteiger partial charge in [0.25, 0.3) is 0 Å². The third-order valence-corrected chi connectivity index (χ3v) is 6.60. The fourth-order valence-corrected chi connectivity index (χ4v) is 4.40. The molecule has 180 valence electrons. The van der Waals surface area contributed by atoms with E-state index in [1.165, 1.54) is 0 Å². The van der Waals surface area contributed by atoms with Crippen molar-refractivity contribution in [1.82, 2.24) is 0 Å². The Morgan fingerprint density at radius 3 is 2.18 bits per heavy atom. The zero-order valence-corrected chi connectivity index (χ0v) is 20.4. The summed E-state index contributed by atoms with van der Waals surface area (Å²) in [4.78, 5) is 11.2. The Bertz CT molecular complexity index is 1140. The Balaban J connectivity index is 1.43. The first-order chi connectivity index (χ1) is 16.4. The summed E-state index contributed by atoms with van der Waals surface area (Å²) in [5.74, 6) is 0.295. The Labute approximate surface area is 202 Å². The number of anilines is 1. The van der Waals surface area contributed by atoms with Crippen molar-refractivity contribution in [2.24, 2.45) is 0 Å². The molecule has 0 saturated heterocycles. The number of rotatable bonds is 13. The fraction of sp³-hybridized carbons (Fsp3) is 0.296. The Morgan fingerprint density at radius 2 is 1.56 bits per heavy atom. The summed E-state index contributed by atoms with van der Waals surface area (Å²) in [5, 5.41) is 3.39. The summed E-state index contributed by atoms with van der Waals surface area (Å²) in [5.41, 5.74) is 4.17. The molecule has 1 unspecified atom stereocenters. The largest absolute Gasteiger partial charge is 0.385 e. The van der Waals surface area contributed by atoms with Gasteiger partial charge in [-0.2, -0.15) is 8.42 Å². The Kier molecular flexibility index (Phi) is 9.24. The van der Waals surface area contributed by atoms with Gasteiger partial charge in [0, 0.05) is 25.3 Å². The molecule has 0 aliphatic carbocycles. The predicted molar refractivity (Wildman–Crippen MR) is 134 cm³/mol. The highest BCUT2D eigenvalue weighted by Crippen LogP contribution is 2.20. The average Bonchev–Trinajstić information content (AvgIpc) is 2.83. The fourth-order valence-electron chi connectivity index (χ4n) is 3.47. The normalized spacial score (nSPS) is 12.2. The van der Waals surface area contributed by atoms with Gasteiger partial charge < -0.3 is 19.0 Å². The average molecular weight is 482 g/mol. The number of aldehydes is 1. The van der Waals surface area contributed by atoms with Gasteiger partial charge in [0.1, 0.15) is 23.0 Å². The molecule has 3 aromatic rings. The molecule has 3 aromatic carbocycles. The maximum Gasteiger partial charge on any atom is 0.339 e. The third-order valence-electron chi connectivity index (χ3n) is 5.33. The first-order valence-corrected chi connectivity index (χ1v) is 12.8. The van der Waals surface area contributed by atoms with Gasteiger partial charge in [0.2, 0.25) is 0 Å². The van der Waals surface area contributed by atoms with Crippen LogP contribution >= 0.6 is 0 Å². The van der Waals surface area contributed by atoms with E-state index in [9.17, 15) is 13.2 Å². The molecule has 1 atom stereocenters. The second-order valence-electron chi connectivity index (χ2n) is 8.06. The van der Waals surface area contributed by atoms with Crippen molar-refractivity contribution in [3.8, 4) is 5.75 Å². The van der Waals surface area contributed by atoms with Gasteiger partial charge in [0.05, 0.1) is 0 Å². The molecule has 3 rings (SSSR count). The maximum absolute atomic E-state index is 12.4. The van der Waals surface area contributed by atoms with Crippen LogP contribution in [0.3, 0.4) is 0 Å². The van der Waals surface area contributed by atoms with Gasteiger partial charge in [-0.05, 0) is 74.2 Å². The summed E-state index contributed by atoms with van der Waals surface area (Å²) in [6.07, 6.45) is 2.79. The van der Waals surface area contributed by atoms with Gasteiger partial charge in [-0.15, -0.1) is 0 Å². The maximum atomic E-state index is 12.4. The highest BCUT2D eigenvalue weighted by atomic mass is 32.2. The minimum absolute atomic E-state index is 0.138. The van der Waals surface area contributed by atoms with Crippen LogP contribution in [-0.2, 0) is 32.5 Å². The van der Waals surface area contributed by atoms with Crippen LogP contribution in [0.1, 0.15) is 30.0 Å². The molecule has 0 aliphatic heterocycles. The number of benzene rings is 3. The first kappa shape index (κ1) is 25.5. The van der Waals surface area contributed by atoms with E-state index in [0.29, 0.717) is 18.8 Å². The highest BCUT2D eigenvalue weighted by molar-refractivity contribution is 7.87. The Hall–Kier alpha value is -3.16. The number of hydrogen-bond acceptors (Lipinski definition) is 6. The van der Waals surface area contributed by atoms with Crippen LogP contribution in [-0.4, -0.2) is 34.0 Å². The van der Waals surface area contributed by atoms with Crippen molar-refractivity contribution in [2.75, 3.05) is 18.5 Å². The zero-order valence-electron chi connectivity index (χ0n) is 19.6. The molecule has 6 nitrogen and oxygen atoms in total. The van der Waals surface area contributed by atoms with Crippen LogP contribution in [0.2, 0.25) is 0 Å². The molecule has 0 aromatic heterocycles. The third kappa shape index (κ3) is 7.71. The molecule has 0 bridgehead atoms. The number of carbonyl (C=O) groups excluding carboxylic acids is 1. The molecule has 0 heterocycles. The van der Waals surface area contributed by atoms with E-state index in [1.807, 2.05) is 50.2 Å². The van der Waals surface area contributed by atoms with E-state index in [1.54, 1.807) is 36.4 Å². The second kappa shape index (κ2) is 12.3. The van der Waals surface area contributed by atoms with Gasteiger partial charge in [0.15, 0.2) is 0 Å². The lowest BCUT2D eigenvalue weighted by molar-refractivity contribution is -0.117. The molecule has 0 amide bonds. The lowest BCUT2D eigenvalue weighted by Crippen LogP contribution is -2.17. The smallest absolute Gasteiger partial charge is 0.339 e. The van der Waals surface area contributed by atoms with Gasteiger partial charge in [-0.25, -0.2) is 0 Å². The van der Waals surface area contributed by atoms with E-state index in [-0.39, 0.29) is 4.90 Å². The van der Waals surface area contributed by atoms with Crippen molar-refractivity contribution in [2.45, 2.75) is 44.1 Å². The Morgan fingerprint density at radius 1 is 0.912 bits per heavy atom. The van der Waals surface area contributed by atoms with Crippen LogP contribution in [0.15, 0.2) is 77.7 Å². The molecular formula is C27H31NO5S. The molecule has 7 heteroatoms. The molecule has 0 fully saturated rings. The summed E-state index contributed by atoms with van der Waals surface area (Å²) in [6.45, 7) is 5.10. The number of ether oxygens (including phenoxy) is 1. The summed E-state index contributed by atoms with van der Waals surface area (Å²) in [6, 6.07) is 21.7. The van der Waals surface area contributed by atoms with E-state index in [2.05, 4.69) is 5.32 Å². The molecule has 0 spiro atoms. The molecule has 0 radical (unpaired) electrons. The zero-order chi connectivity index (χ0) is 24.4. The van der Waals surface area contributed by atoms with Crippen LogP contribution in [0.5, 0.6) is 5.75 Å². The van der Waals surface area contributed by atoms with E-state index in [0.717, 1.165) is 48.1 Å². The van der Waals surface area contributed by atoms with Crippen LogP contribution in [0.25, 0.3) is 0 Å². The quantitative estimate of drug-likeness (QED) is 0.211. The summed E-state index contributed by atoms with van der Waals surface area (Å²) >= 11 is 0. The van der Waals surface area contributed by atoms with Gasteiger partial charge >= 0.3 is 10.1 Å². The van der Waals surface area contributed by atoms with Gasteiger partial charge in [-0.1, -0.05) is 42.0 Å². The topological polar surface area (TPSA) is 81.7 Å². The summed E-state index contributed by atoms with van der Waals surface area (Å²) < 4.78 is 35.5. The lowest BCUT2D eigenvalue weighted by Gasteiger charge is -2.11. The van der Waals surface area contributed by atoms with Gasteiger partial charge in [-0.3, -0.25) is 0 Å². The minimum Gasteiger partial charge on any atom is -0.385 e. The number of hydrogen-bond donors (Lipinski definition) is 1. The predicted octanol–water partition coefficient (Wildman–Crippen LogP) is 4.95. The van der Waals surface area contributed by atoms with Crippen LogP contribution in [0, 0.1) is 6.92 Å². The highest BCUT2D eigenvalue weighted by Gasteiger charge is 2.16. The molecular weight excluding hydrogens is 450 g/mol. The summed E-state index contributed by atoms with van der Waals surface area (Å²) in [7, 11) is -3.84. The van der Waals surface area contributed by atoms with E-state index >= 15 is 0 Å². The molecule has 34 heavy (non-hydrogen) atoms. The lowest BCUT2D eigenvalue weighted by atomic mass is 10.1. The van der Waals surface area contributed by atoms with Crippen molar-refractivity contribution in [3.63, 3.8) is 0 Å². The van der Waals surface area contributed by atoms with Crippen molar-refractivity contribution in [1.29, 1.82) is 0 Å². The van der Waals surface area contributed by atoms with Crippen molar-refractivity contribution < 1.29 is 22.1 Å². The monoisotopic (exact) mass is 481 g/mol. The number of carbonyl (C=O) groups is 1. The van der Waals surface area contributed by atoms with Crippen molar-refractivity contribution in [3.05, 3.63) is 89.5 Å². The molecule has 0 aliphatic rings. The SMILES string of the molecule is CCOC(C=O)Cc1ccc(NCCCc2ccc(OS(=O)(=O)c3ccc(C)cc3)cc2)cc1.